The molecule has 0 aliphatic carbocycles. The van der Waals surface area contributed by atoms with Crippen LogP contribution in [0.1, 0.15) is 24.9 Å². The predicted molar refractivity (Wildman–Crippen MR) is 65.1 cm³/mol. The Balaban J connectivity index is 0.00000225. The average Bonchev–Trinajstić information content (AvgIpc) is 2.27. The molecule has 1 aromatic carbocycles. The molecule has 2 atom stereocenters. The number of methoxy groups -OCH3 is 1. The van der Waals surface area contributed by atoms with Gasteiger partial charge in [-0.25, -0.2) is 0 Å². The van der Waals surface area contributed by atoms with Crippen molar-refractivity contribution >= 4 is 12.4 Å². The van der Waals surface area contributed by atoms with Gasteiger partial charge >= 0.3 is 0 Å². The molecule has 0 saturated heterocycles. The number of aliphatic hydroxyl groups is 1. The van der Waals surface area contributed by atoms with Gasteiger partial charge in [0, 0.05) is 5.56 Å². The smallest absolute Gasteiger partial charge is 0.120 e. The Hall–Kier alpha value is -0.970. The third kappa shape index (κ3) is 3.27. The normalized spacial score (nSPS) is 13.8. The van der Waals surface area contributed by atoms with Crippen molar-refractivity contribution in [3.63, 3.8) is 0 Å². The molecular formula is C11H18ClNO3. The van der Waals surface area contributed by atoms with Crippen LogP contribution in [-0.2, 0) is 0 Å². The number of aromatic hydroxyl groups is 1. The number of hydrogen-bond acceptors (Lipinski definition) is 4. The molecule has 0 radical (unpaired) electrons. The van der Waals surface area contributed by atoms with Gasteiger partial charge in [-0.1, -0.05) is 6.92 Å². The number of phenols is 1. The van der Waals surface area contributed by atoms with Crippen molar-refractivity contribution in [3.05, 3.63) is 23.8 Å². The number of aliphatic hydroxyl groups excluding tert-OH is 1. The van der Waals surface area contributed by atoms with E-state index in [-0.39, 0.29) is 18.2 Å². The Labute approximate surface area is 101 Å². The van der Waals surface area contributed by atoms with Gasteiger partial charge in [0.05, 0.1) is 19.3 Å². The summed E-state index contributed by atoms with van der Waals surface area (Å²) in [6, 6.07) is 4.20. The van der Waals surface area contributed by atoms with E-state index in [0.29, 0.717) is 17.7 Å². The summed E-state index contributed by atoms with van der Waals surface area (Å²) in [5.41, 5.74) is 6.31. The molecule has 1 rings (SSSR count). The first-order chi connectivity index (χ1) is 7.10. The van der Waals surface area contributed by atoms with Gasteiger partial charge in [-0.05, 0) is 24.6 Å². The SMILES string of the molecule is CC[C@@H](O)[C@@H](N)c1cc(OC)ccc1O.Cl. The van der Waals surface area contributed by atoms with Crippen LogP contribution in [0.4, 0.5) is 0 Å². The molecule has 0 heterocycles. The Morgan fingerprint density at radius 3 is 2.56 bits per heavy atom. The van der Waals surface area contributed by atoms with E-state index >= 15 is 0 Å². The van der Waals surface area contributed by atoms with E-state index in [1.807, 2.05) is 6.92 Å². The Bertz CT molecular complexity index is 333. The van der Waals surface area contributed by atoms with Crippen molar-refractivity contribution < 1.29 is 14.9 Å². The quantitative estimate of drug-likeness (QED) is 0.755. The van der Waals surface area contributed by atoms with E-state index in [0.717, 1.165) is 0 Å². The van der Waals surface area contributed by atoms with Crippen LogP contribution in [-0.4, -0.2) is 23.4 Å². The van der Waals surface area contributed by atoms with Crippen LogP contribution in [0.2, 0.25) is 0 Å². The number of benzene rings is 1. The molecular weight excluding hydrogens is 230 g/mol. The molecule has 0 saturated carbocycles. The molecule has 0 aliphatic rings. The van der Waals surface area contributed by atoms with Gasteiger partial charge in [-0.3, -0.25) is 0 Å². The topological polar surface area (TPSA) is 75.7 Å². The minimum absolute atomic E-state index is 0. The third-order valence-corrected chi connectivity index (χ3v) is 2.43. The summed E-state index contributed by atoms with van der Waals surface area (Å²) in [6.45, 7) is 1.84. The number of ether oxygens (including phenoxy) is 1. The molecule has 0 bridgehead atoms. The molecule has 1 aromatic rings. The number of halogens is 1. The second-order valence-corrected chi connectivity index (χ2v) is 3.43. The average molecular weight is 248 g/mol. The second kappa shape index (κ2) is 6.58. The second-order valence-electron chi connectivity index (χ2n) is 3.43. The number of nitrogens with two attached hydrogens (primary N) is 1. The van der Waals surface area contributed by atoms with Crippen LogP contribution in [0, 0.1) is 0 Å². The molecule has 0 unspecified atom stereocenters. The van der Waals surface area contributed by atoms with E-state index in [9.17, 15) is 10.2 Å². The van der Waals surface area contributed by atoms with Crippen LogP contribution in [0.15, 0.2) is 18.2 Å². The van der Waals surface area contributed by atoms with Crippen molar-refractivity contribution in [2.75, 3.05) is 7.11 Å². The lowest BCUT2D eigenvalue weighted by Crippen LogP contribution is -2.25. The number of rotatable bonds is 4. The van der Waals surface area contributed by atoms with Gasteiger partial charge in [-0.15, -0.1) is 12.4 Å². The maximum absolute atomic E-state index is 9.60. The van der Waals surface area contributed by atoms with E-state index < -0.39 is 12.1 Å². The summed E-state index contributed by atoms with van der Waals surface area (Å²) in [6.07, 6.45) is -0.124. The molecule has 5 heteroatoms. The van der Waals surface area contributed by atoms with Crippen LogP contribution < -0.4 is 10.5 Å². The summed E-state index contributed by atoms with van der Waals surface area (Å²) in [5.74, 6) is 0.692. The standard InChI is InChI=1S/C11H17NO3.ClH/c1-3-9(13)11(12)8-6-7(15-2)4-5-10(8)14;/h4-6,9,11,13-14H,3,12H2,1-2H3;1H/t9-,11+;/m1./s1. The Kier molecular flexibility index (Phi) is 6.18. The fourth-order valence-corrected chi connectivity index (χ4v) is 1.39. The van der Waals surface area contributed by atoms with Crippen molar-refractivity contribution in [3.8, 4) is 11.5 Å². The monoisotopic (exact) mass is 247 g/mol. The molecule has 0 aliphatic heterocycles. The minimum Gasteiger partial charge on any atom is -0.508 e. The highest BCUT2D eigenvalue weighted by molar-refractivity contribution is 5.85. The number of phenolic OH excluding ortho intramolecular Hbond substituents is 1. The summed E-state index contributed by atoms with van der Waals surface area (Å²) in [4.78, 5) is 0. The van der Waals surface area contributed by atoms with Crippen molar-refractivity contribution in [2.45, 2.75) is 25.5 Å². The highest BCUT2D eigenvalue weighted by Gasteiger charge is 2.18. The molecule has 4 nitrogen and oxygen atoms in total. The van der Waals surface area contributed by atoms with E-state index in [1.54, 1.807) is 12.1 Å². The number of hydrogen-bond donors (Lipinski definition) is 3. The van der Waals surface area contributed by atoms with Gasteiger partial charge in [0.25, 0.3) is 0 Å². The maximum Gasteiger partial charge on any atom is 0.120 e. The van der Waals surface area contributed by atoms with Crippen molar-refractivity contribution in [2.24, 2.45) is 5.73 Å². The first-order valence-corrected chi connectivity index (χ1v) is 4.90. The molecule has 92 valence electrons. The zero-order valence-electron chi connectivity index (χ0n) is 9.38. The summed E-state index contributed by atoms with van der Waals surface area (Å²) in [5, 5.41) is 19.2. The van der Waals surface area contributed by atoms with Crippen molar-refractivity contribution in [1.29, 1.82) is 0 Å². The summed E-state index contributed by atoms with van der Waals surface area (Å²) in [7, 11) is 1.54. The molecule has 0 aromatic heterocycles. The van der Waals surface area contributed by atoms with E-state index in [1.165, 1.54) is 13.2 Å². The molecule has 4 N–H and O–H groups in total. The van der Waals surface area contributed by atoms with Crippen LogP contribution in [0.3, 0.4) is 0 Å². The predicted octanol–water partition coefficient (Wildman–Crippen LogP) is 1.59. The molecule has 16 heavy (non-hydrogen) atoms. The van der Waals surface area contributed by atoms with Gasteiger partial charge in [-0.2, -0.15) is 0 Å². The highest BCUT2D eigenvalue weighted by Crippen LogP contribution is 2.29. The lowest BCUT2D eigenvalue weighted by atomic mass is 9.99. The highest BCUT2D eigenvalue weighted by atomic mass is 35.5. The zero-order chi connectivity index (χ0) is 11.4. The summed E-state index contributed by atoms with van der Waals surface area (Å²) < 4.78 is 5.03. The summed E-state index contributed by atoms with van der Waals surface area (Å²) >= 11 is 0. The van der Waals surface area contributed by atoms with Gasteiger partial charge in [0.15, 0.2) is 0 Å². The van der Waals surface area contributed by atoms with E-state index in [4.69, 9.17) is 10.5 Å². The van der Waals surface area contributed by atoms with Crippen LogP contribution in [0.5, 0.6) is 11.5 Å². The first kappa shape index (κ1) is 15.0. The van der Waals surface area contributed by atoms with Gasteiger partial charge in [0.2, 0.25) is 0 Å². The first-order valence-electron chi connectivity index (χ1n) is 4.90. The van der Waals surface area contributed by atoms with Crippen LogP contribution in [0.25, 0.3) is 0 Å². The fraction of sp³-hybridized carbons (Fsp3) is 0.455. The van der Waals surface area contributed by atoms with Crippen molar-refractivity contribution in [1.82, 2.24) is 0 Å². The zero-order valence-corrected chi connectivity index (χ0v) is 10.2. The van der Waals surface area contributed by atoms with E-state index in [2.05, 4.69) is 0 Å². The Morgan fingerprint density at radius 2 is 2.06 bits per heavy atom. The largest absolute Gasteiger partial charge is 0.508 e. The molecule has 0 spiro atoms. The molecule has 0 amide bonds. The third-order valence-electron chi connectivity index (χ3n) is 2.43. The lowest BCUT2D eigenvalue weighted by Gasteiger charge is -2.19. The molecule has 0 fully saturated rings. The van der Waals surface area contributed by atoms with Crippen LogP contribution >= 0.6 is 12.4 Å². The van der Waals surface area contributed by atoms with Gasteiger partial charge in [0.1, 0.15) is 11.5 Å². The van der Waals surface area contributed by atoms with Gasteiger partial charge < -0.3 is 20.7 Å². The minimum atomic E-state index is -0.664. The lowest BCUT2D eigenvalue weighted by molar-refractivity contribution is 0.139. The maximum atomic E-state index is 9.60. The Morgan fingerprint density at radius 1 is 1.44 bits per heavy atom. The fourth-order valence-electron chi connectivity index (χ4n) is 1.39.